The van der Waals surface area contributed by atoms with E-state index in [4.69, 9.17) is 10.00 Å². The third-order valence-corrected chi connectivity index (χ3v) is 5.48. The Kier molecular flexibility index (Phi) is 5.99. The van der Waals surface area contributed by atoms with Crippen molar-refractivity contribution in [3.05, 3.63) is 77.5 Å². The average Bonchev–Trinajstić information content (AvgIpc) is 2.75. The number of pyridine rings is 1. The van der Waals surface area contributed by atoms with E-state index >= 15 is 0 Å². The number of aryl methyl sites for hydroxylation is 1. The molecule has 0 atom stereocenters. The SMILES string of the molecule is COC(=O)c1cccc(S(=O)(=O)Nc2ccc(Oc3ncccc3C#N)cc2C)c1. The second kappa shape index (κ2) is 8.63. The minimum Gasteiger partial charge on any atom is -0.465 e. The highest BCUT2D eigenvalue weighted by molar-refractivity contribution is 7.92. The molecule has 0 aliphatic rings. The van der Waals surface area contributed by atoms with Gasteiger partial charge in [0.25, 0.3) is 10.0 Å². The molecule has 1 aromatic heterocycles. The number of sulfonamides is 1. The summed E-state index contributed by atoms with van der Waals surface area (Å²) in [5.41, 5.74) is 1.34. The van der Waals surface area contributed by atoms with Crippen molar-refractivity contribution in [1.82, 2.24) is 4.98 Å². The zero-order valence-electron chi connectivity index (χ0n) is 16.1. The van der Waals surface area contributed by atoms with Gasteiger partial charge < -0.3 is 9.47 Å². The predicted octanol–water partition coefficient (Wildman–Crippen LogP) is 3.64. The topological polar surface area (TPSA) is 118 Å². The van der Waals surface area contributed by atoms with E-state index in [1.165, 1.54) is 37.6 Å². The van der Waals surface area contributed by atoms with Crippen molar-refractivity contribution < 1.29 is 22.7 Å². The fourth-order valence-corrected chi connectivity index (χ4v) is 3.77. The number of carbonyl (C=O) groups is 1. The summed E-state index contributed by atoms with van der Waals surface area (Å²) < 4.78 is 38.2. The maximum Gasteiger partial charge on any atom is 0.337 e. The van der Waals surface area contributed by atoms with Crippen molar-refractivity contribution in [1.29, 1.82) is 5.26 Å². The molecule has 152 valence electrons. The highest BCUT2D eigenvalue weighted by Crippen LogP contribution is 2.28. The number of anilines is 1. The van der Waals surface area contributed by atoms with Crippen LogP contribution in [0, 0.1) is 18.3 Å². The van der Waals surface area contributed by atoms with Crippen LogP contribution in [0.25, 0.3) is 0 Å². The fraction of sp³-hybridized carbons (Fsp3) is 0.0952. The number of methoxy groups -OCH3 is 1. The minimum absolute atomic E-state index is 0.0720. The number of nitrogens with zero attached hydrogens (tertiary/aromatic N) is 2. The molecule has 0 spiro atoms. The number of hydrogen-bond donors (Lipinski definition) is 1. The molecule has 0 fully saturated rings. The summed E-state index contributed by atoms with van der Waals surface area (Å²) in [6.07, 6.45) is 1.51. The molecule has 3 aromatic rings. The molecule has 8 nitrogen and oxygen atoms in total. The van der Waals surface area contributed by atoms with Crippen LogP contribution in [0.4, 0.5) is 5.69 Å². The number of carbonyl (C=O) groups excluding carboxylic acids is 1. The molecule has 1 N–H and O–H groups in total. The third-order valence-electron chi connectivity index (χ3n) is 4.11. The zero-order chi connectivity index (χ0) is 21.7. The summed E-state index contributed by atoms with van der Waals surface area (Å²) in [6, 6.07) is 15.5. The molecule has 0 radical (unpaired) electrons. The maximum atomic E-state index is 12.7. The lowest BCUT2D eigenvalue weighted by Gasteiger charge is -2.13. The fourth-order valence-electron chi connectivity index (χ4n) is 2.59. The Labute approximate surface area is 173 Å². The van der Waals surface area contributed by atoms with Crippen molar-refractivity contribution in [2.24, 2.45) is 0 Å². The Morgan fingerprint density at radius 1 is 1.13 bits per heavy atom. The highest BCUT2D eigenvalue weighted by Gasteiger charge is 2.18. The van der Waals surface area contributed by atoms with Gasteiger partial charge >= 0.3 is 5.97 Å². The average molecular weight is 423 g/mol. The number of aromatic nitrogens is 1. The smallest absolute Gasteiger partial charge is 0.337 e. The van der Waals surface area contributed by atoms with Gasteiger partial charge in [-0.25, -0.2) is 18.2 Å². The molecule has 3 rings (SSSR count). The molecule has 1 heterocycles. The molecular weight excluding hydrogens is 406 g/mol. The monoisotopic (exact) mass is 423 g/mol. The number of rotatable bonds is 6. The van der Waals surface area contributed by atoms with E-state index in [0.717, 1.165) is 0 Å². The van der Waals surface area contributed by atoms with E-state index in [-0.39, 0.29) is 21.9 Å². The number of esters is 1. The number of ether oxygens (including phenoxy) is 2. The van der Waals surface area contributed by atoms with Crippen molar-refractivity contribution in [2.45, 2.75) is 11.8 Å². The second-order valence-electron chi connectivity index (χ2n) is 6.17. The van der Waals surface area contributed by atoms with Gasteiger partial charge in [0.1, 0.15) is 17.4 Å². The Balaban J connectivity index is 1.84. The van der Waals surface area contributed by atoms with Crippen LogP contribution in [0.1, 0.15) is 21.5 Å². The molecule has 0 aliphatic heterocycles. The van der Waals surface area contributed by atoms with Crippen LogP contribution in [0.15, 0.2) is 65.7 Å². The van der Waals surface area contributed by atoms with Gasteiger partial charge in [-0.3, -0.25) is 4.72 Å². The van der Waals surface area contributed by atoms with Gasteiger partial charge in [0.05, 0.1) is 23.3 Å². The Morgan fingerprint density at radius 3 is 2.63 bits per heavy atom. The first-order valence-corrected chi connectivity index (χ1v) is 10.2. The van der Waals surface area contributed by atoms with E-state index in [1.807, 2.05) is 6.07 Å². The lowest BCUT2D eigenvalue weighted by molar-refractivity contribution is 0.0600. The first-order valence-electron chi connectivity index (χ1n) is 8.69. The van der Waals surface area contributed by atoms with Gasteiger partial charge in [-0.2, -0.15) is 5.26 Å². The lowest BCUT2D eigenvalue weighted by Crippen LogP contribution is -2.14. The van der Waals surface area contributed by atoms with Crippen LogP contribution in [-0.2, 0) is 14.8 Å². The molecule has 30 heavy (non-hydrogen) atoms. The van der Waals surface area contributed by atoms with E-state index in [0.29, 0.717) is 17.0 Å². The van der Waals surface area contributed by atoms with E-state index in [9.17, 15) is 13.2 Å². The van der Waals surface area contributed by atoms with Crippen LogP contribution in [0.5, 0.6) is 11.6 Å². The summed E-state index contributed by atoms with van der Waals surface area (Å²) in [5, 5.41) is 9.12. The van der Waals surface area contributed by atoms with Crippen molar-refractivity contribution in [2.75, 3.05) is 11.8 Å². The van der Waals surface area contributed by atoms with Crippen LogP contribution in [0.2, 0.25) is 0 Å². The van der Waals surface area contributed by atoms with Crippen LogP contribution in [0.3, 0.4) is 0 Å². The first kappa shape index (κ1) is 20.8. The van der Waals surface area contributed by atoms with E-state index in [2.05, 4.69) is 14.4 Å². The van der Waals surface area contributed by atoms with Gasteiger partial charge in [-0.15, -0.1) is 0 Å². The number of benzene rings is 2. The van der Waals surface area contributed by atoms with Gasteiger partial charge in [0.2, 0.25) is 5.88 Å². The highest BCUT2D eigenvalue weighted by atomic mass is 32.2. The number of hydrogen-bond acceptors (Lipinski definition) is 7. The standard InChI is InChI=1S/C21H17N3O5S/c1-14-11-17(29-20-16(13-22)6-4-10-23-20)8-9-19(14)24-30(26,27)18-7-3-5-15(12-18)21(25)28-2/h3-12,24H,1-2H3. The molecule has 0 bridgehead atoms. The summed E-state index contributed by atoms with van der Waals surface area (Å²) in [4.78, 5) is 15.6. The predicted molar refractivity (Wildman–Crippen MR) is 109 cm³/mol. The van der Waals surface area contributed by atoms with Crippen LogP contribution < -0.4 is 9.46 Å². The van der Waals surface area contributed by atoms with Crippen LogP contribution >= 0.6 is 0 Å². The molecular formula is C21H17N3O5S. The van der Waals surface area contributed by atoms with E-state index < -0.39 is 16.0 Å². The number of nitriles is 1. The quantitative estimate of drug-likeness (QED) is 0.601. The normalized spacial score (nSPS) is 10.7. The summed E-state index contributed by atoms with van der Waals surface area (Å²) in [7, 11) is -2.71. The van der Waals surface area contributed by atoms with Gasteiger partial charge in [0, 0.05) is 6.20 Å². The lowest BCUT2D eigenvalue weighted by atomic mass is 10.2. The molecule has 9 heteroatoms. The van der Waals surface area contributed by atoms with Crippen molar-refractivity contribution >= 4 is 21.7 Å². The van der Waals surface area contributed by atoms with Gasteiger partial charge in [0.15, 0.2) is 0 Å². The van der Waals surface area contributed by atoms with Gasteiger partial charge in [-0.05, 0) is 61.0 Å². The maximum absolute atomic E-state index is 12.7. The van der Waals surface area contributed by atoms with Gasteiger partial charge in [-0.1, -0.05) is 6.07 Å². The summed E-state index contributed by atoms with van der Waals surface area (Å²) in [6.45, 7) is 1.71. The van der Waals surface area contributed by atoms with Crippen molar-refractivity contribution in [3.63, 3.8) is 0 Å². The molecule has 2 aromatic carbocycles. The van der Waals surface area contributed by atoms with Crippen LogP contribution in [-0.4, -0.2) is 26.5 Å². The zero-order valence-corrected chi connectivity index (χ0v) is 16.9. The minimum atomic E-state index is -3.94. The van der Waals surface area contributed by atoms with Crippen molar-refractivity contribution in [3.8, 4) is 17.7 Å². The Morgan fingerprint density at radius 2 is 1.93 bits per heavy atom. The molecule has 0 unspecified atom stereocenters. The Bertz CT molecular complexity index is 1250. The molecule has 0 saturated carbocycles. The summed E-state index contributed by atoms with van der Waals surface area (Å²) >= 11 is 0. The Hall–Kier alpha value is -3.90. The molecule has 0 saturated heterocycles. The first-order chi connectivity index (χ1) is 14.3. The summed E-state index contributed by atoms with van der Waals surface area (Å²) in [5.74, 6) is -0.0679. The second-order valence-corrected chi connectivity index (χ2v) is 7.85. The third kappa shape index (κ3) is 4.56. The molecule has 0 amide bonds. The van der Waals surface area contributed by atoms with E-state index in [1.54, 1.807) is 37.3 Å². The number of nitrogens with one attached hydrogen (secondary N) is 1. The molecule has 0 aliphatic carbocycles. The largest absolute Gasteiger partial charge is 0.465 e.